The van der Waals surface area contributed by atoms with Crippen molar-refractivity contribution in [2.75, 3.05) is 5.32 Å². The summed E-state index contributed by atoms with van der Waals surface area (Å²) in [5.41, 5.74) is 10.2. The van der Waals surface area contributed by atoms with Crippen LogP contribution in [0, 0.1) is 0 Å². The Kier molecular flexibility index (Phi) is 4.68. The molecule has 2 atom stereocenters. The van der Waals surface area contributed by atoms with E-state index in [1.54, 1.807) is 10.7 Å². The van der Waals surface area contributed by atoms with Crippen LogP contribution in [0.2, 0.25) is 0 Å². The van der Waals surface area contributed by atoms with Gasteiger partial charge in [-0.25, -0.2) is 9.97 Å². The number of hydrogen-bond acceptors (Lipinski definition) is 7. The highest BCUT2D eigenvalue weighted by Gasteiger charge is 2.34. The number of aliphatic imine (C=N–C) groups is 1. The number of nitrogens with two attached hydrogens (primary N) is 1. The molecule has 3 heterocycles. The summed E-state index contributed by atoms with van der Waals surface area (Å²) in [4.78, 5) is 13.6. The first-order chi connectivity index (χ1) is 15.1. The van der Waals surface area contributed by atoms with E-state index in [0.717, 1.165) is 16.8 Å². The Bertz CT molecular complexity index is 1260. The van der Waals surface area contributed by atoms with Crippen LogP contribution in [-0.4, -0.2) is 31.6 Å². The molecule has 0 spiro atoms. The van der Waals surface area contributed by atoms with Crippen molar-refractivity contribution in [3.05, 3.63) is 90.5 Å². The predicted octanol–water partition coefficient (Wildman–Crippen LogP) is 3.13. The lowest BCUT2D eigenvalue weighted by atomic mass is 9.93. The molecule has 8 heteroatoms. The van der Waals surface area contributed by atoms with Gasteiger partial charge in [0, 0.05) is 23.8 Å². The molecule has 0 radical (unpaired) electrons. The maximum Gasteiger partial charge on any atom is 0.232 e. The molecule has 1 aliphatic rings. The summed E-state index contributed by atoms with van der Waals surface area (Å²) in [7, 11) is 0. The summed E-state index contributed by atoms with van der Waals surface area (Å²) in [6, 6.07) is 21.9. The minimum Gasteiger partial charge on any atom is -0.335 e. The highest BCUT2D eigenvalue weighted by Crippen LogP contribution is 2.28. The van der Waals surface area contributed by atoms with Crippen molar-refractivity contribution in [3.63, 3.8) is 0 Å². The molecule has 1 unspecified atom stereocenters. The molecule has 0 bridgehead atoms. The van der Waals surface area contributed by atoms with Crippen LogP contribution in [0.3, 0.4) is 0 Å². The topological polar surface area (TPSA) is 106 Å². The number of allylic oxidation sites excluding steroid dienone is 1. The molecule has 1 aliphatic heterocycles. The summed E-state index contributed by atoms with van der Waals surface area (Å²) >= 11 is 0. The highest BCUT2D eigenvalue weighted by atomic mass is 15.4. The number of fused-ring (bicyclic) bond motifs is 1. The zero-order valence-electron chi connectivity index (χ0n) is 17.0. The van der Waals surface area contributed by atoms with Crippen LogP contribution >= 0.6 is 0 Å². The Morgan fingerprint density at radius 2 is 1.81 bits per heavy atom. The molecule has 0 aliphatic carbocycles. The molecule has 2 aromatic heterocycles. The number of nitrogens with one attached hydrogen (secondary N) is 2. The predicted molar refractivity (Wildman–Crippen MR) is 121 cm³/mol. The number of rotatable bonds is 5. The number of hydrogen-bond donors (Lipinski definition) is 3. The van der Waals surface area contributed by atoms with E-state index in [9.17, 15) is 0 Å². The van der Waals surface area contributed by atoms with Gasteiger partial charge >= 0.3 is 0 Å². The Morgan fingerprint density at radius 1 is 1.06 bits per heavy atom. The summed E-state index contributed by atoms with van der Waals surface area (Å²) in [5.74, 6) is 0.134. The van der Waals surface area contributed by atoms with Gasteiger partial charge < -0.3 is 10.6 Å². The number of benzene rings is 2. The maximum absolute atomic E-state index is 6.65. The van der Waals surface area contributed by atoms with E-state index in [1.807, 2.05) is 79.7 Å². The molecule has 2 aromatic carbocycles. The van der Waals surface area contributed by atoms with Gasteiger partial charge in [0.25, 0.3) is 0 Å². The summed E-state index contributed by atoms with van der Waals surface area (Å²) < 4.78 is 1.65. The molecule has 0 saturated carbocycles. The maximum atomic E-state index is 6.65. The van der Waals surface area contributed by atoms with Gasteiger partial charge in [-0.3, -0.25) is 10.7 Å². The number of nitrogens with zero attached hydrogens (tertiary/aromatic N) is 5. The van der Waals surface area contributed by atoms with Crippen molar-refractivity contribution in [1.82, 2.24) is 24.9 Å². The van der Waals surface area contributed by atoms with Crippen molar-refractivity contribution in [1.29, 1.82) is 0 Å². The first-order valence-electron chi connectivity index (χ1n) is 10.0. The fraction of sp³-hybridized carbons (Fsp3) is 0.130. The smallest absolute Gasteiger partial charge is 0.232 e. The minimum atomic E-state index is -1.00. The zero-order chi connectivity index (χ0) is 21.3. The van der Waals surface area contributed by atoms with Gasteiger partial charge in [-0.2, -0.15) is 9.61 Å². The van der Waals surface area contributed by atoms with Gasteiger partial charge in [0.15, 0.2) is 11.4 Å². The van der Waals surface area contributed by atoms with Crippen LogP contribution in [0.25, 0.3) is 16.9 Å². The normalized spacial score (nSPS) is 19.0. The fourth-order valence-electron chi connectivity index (χ4n) is 3.60. The van der Waals surface area contributed by atoms with Gasteiger partial charge in [-0.15, -0.1) is 0 Å². The van der Waals surface area contributed by atoms with Crippen LogP contribution in [0.5, 0.6) is 0 Å². The van der Waals surface area contributed by atoms with E-state index in [4.69, 9.17) is 10.7 Å². The average Bonchev–Trinajstić information content (AvgIpc) is 3.29. The summed E-state index contributed by atoms with van der Waals surface area (Å²) in [6.45, 7) is 2.05. The lowest BCUT2D eigenvalue weighted by Crippen LogP contribution is -2.57. The van der Waals surface area contributed by atoms with Crippen LogP contribution in [0.4, 0.5) is 5.95 Å². The number of aromatic nitrogens is 4. The Labute approximate surface area is 179 Å². The van der Waals surface area contributed by atoms with E-state index in [2.05, 4.69) is 25.7 Å². The SMILES string of the molecule is CC(c1ccccc1)[C@@]1(N)N=CC=C(Nc2nc(-c3ccccc3)cc3ncnn23)N1. The Balaban J connectivity index is 1.45. The number of anilines is 1. The highest BCUT2D eigenvalue weighted by molar-refractivity contribution is 5.75. The fourth-order valence-corrected chi connectivity index (χ4v) is 3.60. The molecule has 4 aromatic rings. The van der Waals surface area contributed by atoms with Gasteiger partial charge in [0.1, 0.15) is 12.1 Å². The van der Waals surface area contributed by atoms with Crippen LogP contribution in [0.1, 0.15) is 18.4 Å². The lowest BCUT2D eigenvalue weighted by molar-refractivity contribution is 0.324. The second-order valence-corrected chi connectivity index (χ2v) is 7.43. The van der Waals surface area contributed by atoms with Gasteiger partial charge in [-0.1, -0.05) is 67.6 Å². The second kappa shape index (κ2) is 7.66. The molecular weight excluding hydrogens is 388 g/mol. The van der Waals surface area contributed by atoms with Gasteiger partial charge in [0.2, 0.25) is 5.95 Å². The van der Waals surface area contributed by atoms with Crippen molar-refractivity contribution in [2.45, 2.75) is 18.6 Å². The molecule has 8 nitrogen and oxygen atoms in total. The molecule has 0 fully saturated rings. The van der Waals surface area contributed by atoms with Crippen molar-refractivity contribution < 1.29 is 0 Å². The molecule has 5 rings (SSSR count). The Hall–Kier alpha value is -4.04. The van der Waals surface area contributed by atoms with Crippen LogP contribution < -0.4 is 16.4 Å². The molecule has 4 N–H and O–H groups in total. The second-order valence-electron chi connectivity index (χ2n) is 7.43. The third kappa shape index (κ3) is 3.64. The quantitative estimate of drug-likeness (QED) is 0.467. The zero-order valence-corrected chi connectivity index (χ0v) is 17.0. The summed E-state index contributed by atoms with van der Waals surface area (Å²) in [6.07, 6.45) is 5.03. The van der Waals surface area contributed by atoms with Crippen LogP contribution in [-0.2, 0) is 0 Å². The van der Waals surface area contributed by atoms with E-state index in [0.29, 0.717) is 17.4 Å². The standard InChI is InChI=1S/C23H22N8/c1-16(17-8-4-2-5-9-17)23(24)26-13-12-20(30-23)29-22-28-19(18-10-6-3-7-11-18)14-21-25-15-27-31(21)22/h2-16,30H,24H2,1H3,(H,28,29)/t16?,23-/m1/s1. The van der Waals surface area contributed by atoms with Crippen molar-refractivity contribution in [2.24, 2.45) is 10.7 Å². The first kappa shape index (κ1) is 19.0. The molecule has 31 heavy (non-hydrogen) atoms. The first-order valence-corrected chi connectivity index (χ1v) is 10.0. The van der Waals surface area contributed by atoms with Gasteiger partial charge in [0.05, 0.1) is 5.69 Å². The van der Waals surface area contributed by atoms with E-state index >= 15 is 0 Å². The van der Waals surface area contributed by atoms with Gasteiger partial charge in [-0.05, 0) is 11.6 Å². The molecular formula is C23H22N8. The average molecular weight is 410 g/mol. The van der Waals surface area contributed by atoms with E-state index < -0.39 is 5.79 Å². The third-order valence-corrected chi connectivity index (χ3v) is 5.41. The molecule has 154 valence electrons. The Morgan fingerprint density at radius 3 is 2.58 bits per heavy atom. The lowest BCUT2D eigenvalue weighted by Gasteiger charge is -2.36. The van der Waals surface area contributed by atoms with Crippen molar-refractivity contribution >= 4 is 17.8 Å². The van der Waals surface area contributed by atoms with E-state index in [1.165, 1.54) is 6.33 Å². The molecule has 0 amide bonds. The third-order valence-electron chi connectivity index (χ3n) is 5.41. The van der Waals surface area contributed by atoms with Crippen LogP contribution in [0.15, 0.2) is 89.9 Å². The van der Waals surface area contributed by atoms with Crippen molar-refractivity contribution in [3.8, 4) is 11.3 Å². The monoisotopic (exact) mass is 410 g/mol. The van der Waals surface area contributed by atoms with E-state index in [-0.39, 0.29) is 5.92 Å². The minimum absolute atomic E-state index is 0.0644. The molecule has 0 saturated heterocycles. The largest absolute Gasteiger partial charge is 0.335 e. The summed E-state index contributed by atoms with van der Waals surface area (Å²) in [5, 5.41) is 10.9.